The van der Waals surface area contributed by atoms with Gasteiger partial charge in [0.25, 0.3) is 5.91 Å². The van der Waals surface area contributed by atoms with Gasteiger partial charge in [0.15, 0.2) is 0 Å². The lowest BCUT2D eigenvalue weighted by atomic mass is 10.2. The average Bonchev–Trinajstić information content (AvgIpc) is 2.60. The van der Waals surface area contributed by atoms with E-state index < -0.39 is 0 Å². The number of hydrogen-bond donors (Lipinski definition) is 0. The monoisotopic (exact) mass is 374 g/mol. The van der Waals surface area contributed by atoms with E-state index in [4.69, 9.17) is 32.7 Å². The Morgan fingerprint density at radius 1 is 1.04 bits per heavy atom. The molecule has 0 aliphatic carbocycles. The summed E-state index contributed by atoms with van der Waals surface area (Å²) in [5.41, 5.74) is 0.493. The molecular weight excluding hydrogens is 355 g/mol. The van der Waals surface area contributed by atoms with Gasteiger partial charge >= 0.3 is 0 Å². The highest BCUT2D eigenvalue weighted by atomic mass is 35.5. The summed E-state index contributed by atoms with van der Waals surface area (Å²) in [4.78, 5) is 27.9. The van der Waals surface area contributed by atoms with Crippen molar-refractivity contribution in [2.45, 2.75) is 0 Å². The predicted octanol–water partition coefficient (Wildman–Crippen LogP) is 1.94. The van der Waals surface area contributed by atoms with E-state index in [1.54, 1.807) is 35.1 Å². The van der Waals surface area contributed by atoms with Crippen LogP contribution in [-0.2, 0) is 14.3 Å². The molecule has 1 aromatic rings. The Bertz CT molecular complexity index is 589. The van der Waals surface area contributed by atoms with Crippen molar-refractivity contribution >= 4 is 35.0 Å². The lowest BCUT2D eigenvalue weighted by Gasteiger charge is -2.34. The third-order valence-electron chi connectivity index (χ3n) is 3.74. The van der Waals surface area contributed by atoms with Crippen LogP contribution in [0.3, 0.4) is 0 Å². The zero-order valence-corrected chi connectivity index (χ0v) is 15.0. The number of piperazine rings is 1. The first-order chi connectivity index (χ1) is 11.5. The van der Waals surface area contributed by atoms with Crippen molar-refractivity contribution in [3.63, 3.8) is 0 Å². The number of ether oxygens (including phenoxy) is 2. The normalized spacial score (nSPS) is 14.8. The van der Waals surface area contributed by atoms with E-state index in [1.165, 1.54) is 0 Å². The molecule has 1 heterocycles. The number of methoxy groups -OCH3 is 1. The van der Waals surface area contributed by atoms with E-state index in [1.807, 2.05) is 0 Å². The van der Waals surface area contributed by atoms with Gasteiger partial charge in [-0.25, -0.2) is 0 Å². The quantitative estimate of drug-likeness (QED) is 0.714. The van der Waals surface area contributed by atoms with Crippen LogP contribution < -0.4 is 0 Å². The molecule has 2 amide bonds. The molecule has 132 valence electrons. The summed E-state index contributed by atoms with van der Waals surface area (Å²) in [6, 6.07) is 4.82. The summed E-state index contributed by atoms with van der Waals surface area (Å²) in [6.45, 7) is 2.80. The highest BCUT2D eigenvalue weighted by Gasteiger charge is 2.25. The van der Waals surface area contributed by atoms with E-state index in [-0.39, 0.29) is 18.4 Å². The molecule has 0 spiro atoms. The van der Waals surface area contributed by atoms with Crippen molar-refractivity contribution in [2.75, 3.05) is 53.1 Å². The fourth-order valence-electron chi connectivity index (χ4n) is 2.36. The van der Waals surface area contributed by atoms with Crippen LogP contribution in [-0.4, -0.2) is 74.7 Å². The number of halogens is 2. The number of carbonyl (C=O) groups excluding carboxylic acids is 2. The molecule has 1 aliphatic rings. The van der Waals surface area contributed by atoms with E-state index >= 15 is 0 Å². The van der Waals surface area contributed by atoms with Crippen molar-refractivity contribution in [2.24, 2.45) is 0 Å². The Hall–Kier alpha value is -1.34. The number of carbonyl (C=O) groups is 2. The molecule has 0 aromatic heterocycles. The summed E-state index contributed by atoms with van der Waals surface area (Å²) in [5.74, 6) is -0.190. The summed E-state index contributed by atoms with van der Waals surface area (Å²) >= 11 is 11.8. The summed E-state index contributed by atoms with van der Waals surface area (Å²) in [7, 11) is 1.58. The van der Waals surface area contributed by atoms with Crippen LogP contribution in [0.1, 0.15) is 10.4 Å². The Balaban J connectivity index is 1.82. The first-order valence-corrected chi connectivity index (χ1v) is 8.37. The van der Waals surface area contributed by atoms with E-state index in [0.717, 1.165) is 0 Å². The second-order valence-electron chi connectivity index (χ2n) is 5.35. The number of nitrogens with zero attached hydrogens (tertiary/aromatic N) is 2. The minimum absolute atomic E-state index is 0.0318. The molecular formula is C16H20Cl2N2O4. The van der Waals surface area contributed by atoms with Gasteiger partial charge in [-0.3, -0.25) is 9.59 Å². The number of benzene rings is 1. The molecule has 6 nitrogen and oxygen atoms in total. The van der Waals surface area contributed by atoms with Gasteiger partial charge in [-0.2, -0.15) is 0 Å². The Labute approximate surface area is 151 Å². The maximum absolute atomic E-state index is 12.5. The second kappa shape index (κ2) is 9.22. The van der Waals surface area contributed by atoms with Crippen LogP contribution >= 0.6 is 23.2 Å². The molecule has 0 unspecified atom stereocenters. The average molecular weight is 375 g/mol. The fourth-order valence-corrected chi connectivity index (χ4v) is 2.66. The third kappa shape index (κ3) is 5.08. The van der Waals surface area contributed by atoms with Gasteiger partial charge < -0.3 is 19.3 Å². The first-order valence-electron chi connectivity index (χ1n) is 7.61. The van der Waals surface area contributed by atoms with Gasteiger partial charge in [-0.1, -0.05) is 23.2 Å². The zero-order valence-electron chi connectivity index (χ0n) is 13.5. The molecule has 1 aromatic carbocycles. The fraction of sp³-hybridized carbons (Fsp3) is 0.500. The van der Waals surface area contributed by atoms with Crippen molar-refractivity contribution < 1.29 is 19.1 Å². The third-order valence-corrected chi connectivity index (χ3v) is 4.48. The van der Waals surface area contributed by atoms with Crippen molar-refractivity contribution in [3.8, 4) is 0 Å². The molecule has 0 atom stereocenters. The highest BCUT2D eigenvalue weighted by molar-refractivity contribution is 6.42. The maximum Gasteiger partial charge on any atom is 0.254 e. The molecule has 8 heteroatoms. The molecule has 0 radical (unpaired) electrons. The molecule has 0 N–H and O–H groups in total. The molecule has 0 bridgehead atoms. The summed E-state index contributed by atoms with van der Waals surface area (Å²) in [6.07, 6.45) is 0. The van der Waals surface area contributed by atoms with Gasteiger partial charge in [0.1, 0.15) is 6.61 Å². The van der Waals surface area contributed by atoms with Crippen LogP contribution in [0, 0.1) is 0 Å². The SMILES string of the molecule is COCCOCC(=O)N1CCN(C(=O)c2ccc(Cl)c(Cl)c2)CC1. The number of amides is 2. The number of hydrogen-bond acceptors (Lipinski definition) is 4. The summed E-state index contributed by atoms with van der Waals surface area (Å²) in [5, 5.41) is 0.765. The second-order valence-corrected chi connectivity index (χ2v) is 6.16. The first kappa shape index (κ1) is 19.0. The lowest BCUT2D eigenvalue weighted by Crippen LogP contribution is -2.51. The maximum atomic E-state index is 12.5. The Morgan fingerprint density at radius 2 is 1.71 bits per heavy atom. The van der Waals surface area contributed by atoms with Crippen molar-refractivity contribution in [3.05, 3.63) is 33.8 Å². The van der Waals surface area contributed by atoms with Crippen molar-refractivity contribution in [1.29, 1.82) is 0 Å². The van der Waals surface area contributed by atoms with Gasteiger partial charge in [0, 0.05) is 38.9 Å². The Kier molecular flexibility index (Phi) is 7.30. The molecule has 1 aliphatic heterocycles. The van der Waals surface area contributed by atoms with E-state index in [9.17, 15) is 9.59 Å². The smallest absolute Gasteiger partial charge is 0.254 e. The largest absolute Gasteiger partial charge is 0.382 e. The van der Waals surface area contributed by atoms with Crippen molar-refractivity contribution in [1.82, 2.24) is 9.80 Å². The molecule has 1 fully saturated rings. The molecule has 2 rings (SSSR count). The molecule has 1 saturated heterocycles. The molecule has 24 heavy (non-hydrogen) atoms. The number of rotatable bonds is 6. The van der Waals surface area contributed by atoms with Gasteiger partial charge in [0.05, 0.1) is 23.3 Å². The van der Waals surface area contributed by atoms with Gasteiger partial charge in [-0.15, -0.1) is 0 Å². The van der Waals surface area contributed by atoms with Crippen LogP contribution in [0.5, 0.6) is 0 Å². The van der Waals surface area contributed by atoms with Crippen LogP contribution in [0.15, 0.2) is 18.2 Å². The van der Waals surface area contributed by atoms with E-state index in [0.29, 0.717) is 55.0 Å². The zero-order chi connectivity index (χ0) is 17.5. The highest BCUT2D eigenvalue weighted by Crippen LogP contribution is 2.23. The van der Waals surface area contributed by atoms with Crippen LogP contribution in [0.4, 0.5) is 0 Å². The molecule has 0 saturated carbocycles. The van der Waals surface area contributed by atoms with Crippen LogP contribution in [0.2, 0.25) is 10.0 Å². The standard InChI is InChI=1S/C16H20Cl2N2O4/c1-23-8-9-24-11-15(21)19-4-6-20(7-5-19)16(22)12-2-3-13(17)14(18)10-12/h2-3,10H,4-9,11H2,1H3. The minimum Gasteiger partial charge on any atom is -0.382 e. The topological polar surface area (TPSA) is 59.1 Å². The predicted molar refractivity (Wildman–Crippen MR) is 91.6 cm³/mol. The van der Waals surface area contributed by atoms with Gasteiger partial charge in [0.2, 0.25) is 5.91 Å². The van der Waals surface area contributed by atoms with E-state index in [2.05, 4.69) is 0 Å². The lowest BCUT2D eigenvalue weighted by molar-refractivity contribution is -0.138. The Morgan fingerprint density at radius 3 is 2.33 bits per heavy atom. The van der Waals surface area contributed by atoms with Crippen LogP contribution in [0.25, 0.3) is 0 Å². The summed E-state index contributed by atoms with van der Waals surface area (Å²) < 4.78 is 10.1. The van der Waals surface area contributed by atoms with Gasteiger partial charge in [-0.05, 0) is 18.2 Å². The minimum atomic E-state index is -0.114.